The number of hydrogen-bond acceptors (Lipinski definition) is 5. The van der Waals surface area contributed by atoms with Crippen LogP contribution in [0.3, 0.4) is 0 Å². The summed E-state index contributed by atoms with van der Waals surface area (Å²) in [6.07, 6.45) is -1.91. The van der Waals surface area contributed by atoms with E-state index in [-0.39, 0.29) is 6.61 Å². The minimum absolute atomic E-state index is 0.131. The molecule has 1 N–H and O–H groups in total. The zero-order valence-electron chi connectivity index (χ0n) is 14.7. The standard InChI is InChI=1S/C20H21NO5/c1-13-8-9-17(14(2)10-13)18(22)26-20(24)21-16(12-25-19(21)23)11-15-6-4-3-5-7-15/h3-10,16,20,24H,11-12H2,1-2H3/t16-,20?/m0/s1. The fourth-order valence-electron chi connectivity index (χ4n) is 3.04. The fraction of sp³-hybridized carbons (Fsp3) is 0.300. The molecule has 0 aromatic heterocycles. The lowest BCUT2D eigenvalue weighted by Crippen LogP contribution is -2.45. The van der Waals surface area contributed by atoms with Gasteiger partial charge in [0.05, 0.1) is 11.6 Å². The van der Waals surface area contributed by atoms with Gasteiger partial charge in [-0.2, -0.15) is 0 Å². The molecule has 1 unspecified atom stereocenters. The first-order valence-corrected chi connectivity index (χ1v) is 8.41. The Bertz CT molecular complexity index is 805. The van der Waals surface area contributed by atoms with Gasteiger partial charge in [-0.25, -0.2) is 14.5 Å². The predicted octanol–water partition coefficient (Wildman–Crippen LogP) is 2.80. The first-order valence-electron chi connectivity index (χ1n) is 8.41. The van der Waals surface area contributed by atoms with Crippen LogP contribution in [0.4, 0.5) is 4.79 Å². The second-order valence-electron chi connectivity index (χ2n) is 6.38. The van der Waals surface area contributed by atoms with Crippen LogP contribution >= 0.6 is 0 Å². The van der Waals surface area contributed by atoms with Crippen molar-refractivity contribution in [1.29, 1.82) is 0 Å². The Hall–Kier alpha value is -2.86. The Kier molecular flexibility index (Phi) is 5.23. The Labute approximate surface area is 152 Å². The lowest BCUT2D eigenvalue weighted by Gasteiger charge is -2.26. The third-order valence-corrected chi connectivity index (χ3v) is 4.37. The van der Waals surface area contributed by atoms with Gasteiger partial charge < -0.3 is 14.6 Å². The molecule has 26 heavy (non-hydrogen) atoms. The molecule has 1 amide bonds. The molecule has 1 aliphatic rings. The van der Waals surface area contributed by atoms with Gasteiger partial charge in [0.15, 0.2) is 0 Å². The molecule has 136 valence electrons. The van der Waals surface area contributed by atoms with Crippen LogP contribution in [0.5, 0.6) is 0 Å². The molecule has 2 aromatic rings. The number of carbonyl (C=O) groups excluding carboxylic acids is 2. The maximum Gasteiger partial charge on any atom is 0.415 e. The number of aliphatic hydroxyl groups excluding tert-OH is 1. The van der Waals surface area contributed by atoms with Crippen molar-refractivity contribution in [2.45, 2.75) is 32.7 Å². The minimum atomic E-state index is -1.70. The summed E-state index contributed by atoms with van der Waals surface area (Å²) in [5.41, 5.74) is 3.10. The van der Waals surface area contributed by atoms with Crippen LogP contribution in [0.2, 0.25) is 0 Å². The van der Waals surface area contributed by atoms with Crippen LogP contribution in [0.25, 0.3) is 0 Å². The van der Waals surface area contributed by atoms with Crippen molar-refractivity contribution < 1.29 is 24.2 Å². The summed E-state index contributed by atoms with van der Waals surface area (Å²) in [6.45, 7) is 3.84. The molecule has 6 heteroatoms. The molecule has 1 fully saturated rings. The van der Waals surface area contributed by atoms with Crippen LogP contribution in [-0.4, -0.2) is 41.1 Å². The molecule has 1 heterocycles. The van der Waals surface area contributed by atoms with Crippen LogP contribution in [-0.2, 0) is 15.9 Å². The van der Waals surface area contributed by atoms with E-state index in [1.165, 1.54) is 0 Å². The van der Waals surface area contributed by atoms with Gasteiger partial charge in [0, 0.05) is 0 Å². The van der Waals surface area contributed by atoms with Crippen molar-refractivity contribution >= 4 is 12.1 Å². The second kappa shape index (κ2) is 7.58. The summed E-state index contributed by atoms with van der Waals surface area (Å²) < 4.78 is 10.2. The highest BCUT2D eigenvalue weighted by atomic mass is 16.7. The predicted molar refractivity (Wildman–Crippen MR) is 94.5 cm³/mol. The average molecular weight is 355 g/mol. The number of amides is 1. The summed E-state index contributed by atoms with van der Waals surface area (Å²) in [5.74, 6) is -0.687. The SMILES string of the molecule is Cc1ccc(C(=O)OC(O)N2C(=O)OC[C@@H]2Cc2ccccc2)c(C)c1. The van der Waals surface area contributed by atoms with E-state index in [4.69, 9.17) is 9.47 Å². The highest BCUT2D eigenvalue weighted by Crippen LogP contribution is 2.21. The van der Waals surface area contributed by atoms with Crippen molar-refractivity contribution in [2.75, 3.05) is 6.61 Å². The summed E-state index contributed by atoms with van der Waals surface area (Å²) >= 11 is 0. The van der Waals surface area contributed by atoms with Gasteiger partial charge in [-0.3, -0.25) is 0 Å². The van der Waals surface area contributed by atoms with Crippen LogP contribution in [0, 0.1) is 13.8 Å². The summed E-state index contributed by atoms with van der Waals surface area (Å²) in [7, 11) is 0. The molecule has 2 aromatic carbocycles. The van der Waals surface area contributed by atoms with Gasteiger partial charge in [0.2, 0.25) is 0 Å². The third-order valence-electron chi connectivity index (χ3n) is 4.37. The maximum atomic E-state index is 12.4. The molecule has 0 radical (unpaired) electrons. The number of aryl methyl sites for hydroxylation is 2. The molecule has 0 saturated carbocycles. The second-order valence-corrected chi connectivity index (χ2v) is 6.38. The molecule has 1 saturated heterocycles. The van der Waals surface area contributed by atoms with Crippen molar-refractivity contribution in [3.63, 3.8) is 0 Å². The zero-order chi connectivity index (χ0) is 18.7. The maximum absolute atomic E-state index is 12.4. The van der Waals surface area contributed by atoms with Crippen LogP contribution < -0.4 is 0 Å². The van der Waals surface area contributed by atoms with E-state index in [1.807, 2.05) is 43.3 Å². The number of aliphatic hydroxyl groups is 1. The molecule has 3 rings (SSSR count). The van der Waals surface area contributed by atoms with E-state index in [0.29, 0.717) is 12.0 Å². The number of hydrogen-bond donors (Lipinski definition) is 1. The van der Waals surface area contributed by atoms with E-state index >= 15 is 0 Å². The van der Waals surface area contributed by atoms with E-state index in [9.17, 15) is 14.7 Å². The highest BCUT2D eigenvalue weighted by molar-refractivity contribution is 5.91. The molecule has 1 aliphatic heterocycles. The number of esters is 1. The van der Waals surface area contributed by atoms with E-state index in [0.717, 1.165) is 21.6 Å². The van der Waals surface area contributed by atoms with Crippen molar-refractivity contribution in [3.05, 3.63) is 70.8 Å². The zero-order valence-corrected chi connectivity index (χ0v) is 14.7. The Morgan fingerprint density at radius 2 is 2.00 bits per heavy atom. The average Bonchev–Trinajstić information content (AvgIpc) is 2.96. The molecule has 0 aliphatic carbocycles. The molecular weight excluding hydrogens is 334 g/mol. The topological polar surface area (TPSA) is 76.1 Å². The number of ether oxygens (including phenoxy) is 2. The summed E-state index contributed by atoms with van der Waals surface area (Å²) in [6, 6.07) is 14.4. The lowest BCUT2D eigenvalue weighted by molar-refractivity contribution is -0.145. The van der Waals surface area contributed by atoms with Crippen LogP contribution in [0.15, 0.2) is 48.5 Å². The van der Waals surface area contributed by atoms with Gasteiger partial charge in [0.1, 0.15) is 6.61 Å². The largest absolute Gasteiger partial charge is 0.447 e. The Balaban J connectivity index is 1.71. The number of nitrogens with zero attached hydrogens (tertiary/aromatic N) is 1. The summed E-state index contributed by atoms with van der Waals surface area (Å²) in [5, 5.41) is 10.3. The summed E-state index contributed by atoms with van der Waals surface area (Å²) in [4.78, 5) is 25.4. The molecular formula is C20H21NO5. The minimum Gasteiger partial charge on any atom is -0.447 e. The van der Waals surface area contributed by atoms with Gasteiger partial charge >= 0.3 is 12.1 Å². The quantitative estimate of drug-likeness (QED) is 0.659. The monoisotopic (exact) mass is 355 g/mol. The van der Waals surface area contributed by atoms with Gasteiger partial charge in [0.25, 0.3) is 6.41 Å². The number of cyclic esters (lactones) is 1. The molecule has 2 atom stereocenters. The van der Waals surface area contributed by atoms with E-state index in [1.54, 1.807) is 19.1 Å². The van der Waals surface area contributed by atoms with Gasteiger partial charge in [-0.1, -0.05) is 48.0 Å². The molecule has 6 nitrogen and oxygen atoms in total. The van der Waals surface area contributed by atoms with Gasteiger partial charge in [-0.15, -0.1) is 0 Å². The normalized spacial score (nSPS) is 17.7. The fourth-order valence-corrected chi connectivity index (χ4v) is 3.04. The number of benzene rings is 2. The third kappa shape index (κ3) is 3.86. The number of rotatable bonds is 5. The van der Waals surface area contributed by atoms with Crippen molar-refractivity contribution in [3.8, 4) is 0 Å². The molecule has 0 spiro atoms. The first kappa shape index (κ1) is 17.9. The van der Waals surface area contributed by atoms with Crippen molar-refractivity contribution in [1.82, 2.24) is 4.90 Å². The number of carbonyl (C=O) groups is 2. The highest BCUT2D eigenvalue weighted by Gasteiger charge is 2.39. The van der Waals surface area contributed by atoms with E-state index < -0.39 is 24.5 Å². The first-order chi connectivity index (χ1) is 12.5. The Morgan fingerprint density at radius 1 is 1.27 bits per heavy atom. The lowest BCUT2D eigenvalue weighted by atomic mass is 10.1. The molecule has 0 bridgehead atoms. The Morgan fingerprint density at radius 3 is 2.69 bits per heavy atom. The van der Waals surface area contributed by atoms with Crippen LogP contribution in [0.1, 0.15) is 27.0 Å². The smallest absolute Gasteiger partial charge is 0.415 e. The van der Waals surface area contributed by atoms with E-state index in [2.05, 4.69) is 0 Å². The van der Waals surface area contributed by atoms with Crippen molar-refractivity contribution in [2.24, 2.45) is 0 Å². The van der Waals surface area contributed by atoms with Gasteiger partial charge in [-0.05, 0) is 37.5 Å².